The van der Waals surface area contributed by atoms with Crippen molar-refractivity contribution in [1.82, 2.24) is 0 Å². The number of allylic oxidation sites excluding steroid dienone is 1. The lowest BCUT2D eigenvalue weighted by Crippen LogP contribution is -2.42. The Labute approximate surface area is 110 Å². The number of hydrogen-bond donors (Lipinski definition) is 1. The van der Waals surface area contributed by atoms with Crippen molar-refractivity contribution in [3.05, 3.63) is 11.1 Å². The molecule has 18 heavy (non-hydrogen) atoms. The Hall–Kier alpha value is -0.380. The lowest BCUT2D eigenvalue weighted by molar-refractivity contribution is -0.177. The van der Waals surface area contributed by atoms with Gasteiger partial charge in [0.05, 0.1) is 13.2 Å². The fourth-order valence-corrected chi connectivity index (χ4v) is 3.03. The molecule has 0 amide bonds. The lowest BCUT2D eigenvalue weighted by atomic mass is 9.58. The lowest BCUT2D eigenvalue weighted by Gasteiger charge is -2.49. The minimum absolute atomic E-state index is 0.0153. The van der Waals surface area contributed by atoms with E-state index in [1.54, 1.807) is 0 Å². The smallest absolute Gasteiger partial charge is 0.157 e. The molecular weight excluding hydrogens is 228 g/mol. The van der Waals surface area contributed by atoms with Crippen LogP contribution in [0.1, 0.15) is 46.5 Å². The molecule has 0 radical (unpaired) electrons. The van der Waals surface area contributed by atoms with E-state index in [0.717, 1.165) is 38.0 Å². The standard InChI is InChI=1S/C15H26O3/c1-11(9-16)13-8-12(15(13,2)3)10-18-14-6-4-5-7-17-14/h12,14,16H,4-10H2,1-3H3. The molecule has 2 atom stereocenters. The second-order valence-electron chi connectivity index (χ2n) is 6.17. The highest BCUT2D eigenvalue weighted by Crippen LogP contribution is 2.52. The minimum Gasteiger partial charge on any atom is -0.392 e. The average Bonchev–Trinajstić information content (AvgIpc) is 2.38. The van der Waals surface area contributed by atoms with Crippen molar-refractivity contribution in [1.29, 1.82) is 0 Å². The maximum Gasteiger partial charge on any atom is 0.157 e. The van der Waals surface area contributed by atoms with Crippen molar-refractivity contribution in [2.45, 2.75) is 52.7 Å². The Kier molecular flexibility index (Phi) is 4.46. The highest BCUT2D eigenvalue weighted by Gasteiger charge is 2.44. The Morgan fingerprint density at radius 2 is 2.22 bits per heavy atom. The highest BCUT2D eigenvalue weighted by molar-refractivity contribution is 5.29. The van der Waals surface area contributed by atoms with E-state index in [1.807, 2.05) is 6.92 Å². The normalized spacial score (nSPS) is 34.0. The molecule has 0 spiro atoms. The third-order valence-corrected chi connectivity index (χ3v) is 4.62. The SMILES string of the molecule is CC(CO)=C1CC(COC2CCCCO2)C1(C)C. The summed E-state index contributed by atoms with van der Waals surface area (Å²) < 4.78 is 11.5. The van der Waals surface area contributed by atoms with E-state index in [9.17, 15) is 5.11 Å². The molecule has 2 fully saturated rings. The molecular formula is C15H26O3. The van der Waals surface area contributed by atoms with Gasteiger partial charge in [0.15, 0.2) is 6.29 Å². The average molecular weight is 254 g/mol. The van der Waals surface area contributed by atoms with Crippen LogP contribution in [-0.4, -0.2) is 31.2 Å². The van der Waals surface area contributed by atoms with Crippen LogP contribution in [0.25, 0.3) is 0 Å². The van der Waals surface area contributed by atoms with Gasteiger partial charge in [0, 0.05) is 6.61 Å². The van der Waals surface area contributed by atoms with Crippen molar-refractivity contribution < 1.29 is 14.6 Å². The molecule has 0 bridgehead atoms. The summed E-state index contributed by atoms with van der Waals surface area (Å²) >= 11 is 0. The van der Waals surface area contributed by atoms with E-state index in [4.69, 9.17) is 9.47 Å². The van der Waals surface area contributed by atoms with Crippen LogP contribution in [0.2, 0.25) is 0 Å². The van der Waals surface area contributed by atoms with E-state index in [1.165, 1.54) is 12.0 Å². The molecule has 3 nitrogen and oxygen atoms in total. The maximum absolute atomic E-state index is 9.21. The first-order chi connectivity index (χ1) is 8.55. The second kappa shape index (κ2) is 5.72. The zero-order valence-corrected chi connectivity index (χ0v) is 11.9. The van der Waals surface area contributed by atoms with Gasteiger partial charge in [0.2, 0.25) is 0 Å². The topological polar surface area (TPSA) is 38.7 Å². The van der Waals surface area contributed by atoms with Crippen LogP contribution >= 0.6 is 0 Å². The van der Waals surface area contributed by atoms with Gasteiger partial charge in [-0.15, -0.1) is 0 Å². The van der Waals surface area contributed by atoms with Gasteiger partial charge < -0.3 is 14.6 Å². The molecule has 1 aliphatic carbocycles. The molecule has 2 rings (SSSR count). The third-order valence-electron chi connectivity index (χ3n) is 4.62. The molecule has 1 aliphatic heterocycles. The van der Waals surface area contributed by atoms with E-state index >= 15 is 0 Å². The summed E-state index contributed by atoms with van der Waals surface area (Å²) in [5.74, 6) is 0.555. The fourth-order valence-electron chi connectivity index (χ4n) is 3.03. The molecule has 1 heterocycles. The molecule has 2 unspecified atom stereocenters. The Morgan fingerprint density at radius 1 is 1.44 bits per heavy atom. The Bertz CT molecular complexity index is 314. The molecule has 2 aliphatic rings. The van der Waals surface area contributed by atoms with Crippen LogP contribution in [0.15, 0.2) is 11.1 Å². The van der Waals surface area contributed by atoms with Gasteiger partial charge in [-0.2, -0.15) is 0 Å². The van der Waals surface area contributed by atoms with Crippen LogP contribution in [0.4, 0.5) is 0 Å². The minimum atomic E-state index is 0.0153. The van der Waals surface area contributed by atoms with Gasteiger partial charge >= 0.3 is 0 Å². The van der Waals surface area contributed by atoms with E-state index < -0.39 is 0 Å². The first kappa shape index (κ1) is 14.0. The molecule has 1 saturated heterocycles. The van der Waals surface area contributed by atoms with Crippen LogP contribution in [-0.2, 0) is 9.47 Å². The van der Waals surface area contributed by atoms with Crippen molar-refractivity contribution in [2.24, 2.45) is 11.3 Å². The van der Waals surface area contributed by atoms with Crippen LogP contribution in [0.3, 0.4) is 0 Å². The van der Waals surface area contributed by atoms with Crippen molar-refractivity contribution >= 4 is 0 Å². The Morgan fingerprint density at radius 3 is 2.78 bits per heavy atom. The molecule has 3 heteroatoms. The monoisotopic (exact) mass is 254 g/mol. The van der Waals surface area contributed by atoms with E-state index in [2.05, 4.69) is 13.8 Å². The van der Waals surface area contributed by atoms with Crippen molar-refractivity contribution in [2.75, 3.05) is 19.8 Å². The van der Waals surface area contributed by atoms with Gasteiger partial charge in [-0.3, -0.25) is 0 Å². The molecule has 0 aromatic carbocycles. The van der Waals surface area contributed by atoms with Crippen LogP contribution in [0, 0.1) is 11.3 Å². The van der Waals surface area contributed by atoms with E-state index in [0.29, 0.717) is 5.92 Å². The van der Waals surface area contributed by atoms with Gasteiger partial charge in [0.25, 0.3) is 0 Å². The molecule has 1 saturated carbocycles. The van der Waals surface area contributed by atoms with Gasteiger partial charge in [-0.05, 0) is 49.5 Å². The van der Waals surface area contributed by atoms with Gasteiger partial charge in [0.1, 0.15) is 0 Å². The van der Waals surface area contributed by atoms with Gasteiger partial charge in [-0.25, -0.2) is 0 Å². The summed E-state index contributed by atoms with van der Waals surface area (Å²) in [6, 6.07) is 0. The zero-order chi connectivity index (χ0) is 13.2. The van der Waals surface area contributed by atoms with Crippen LogP contribution in [0.5, 0.6) is 0 Å². The number of rotatable bonds is 4. The summed E-state index contributed by atoms with van der Waals surface area (Å²) in [5.41, 5.74) is 2.70. The van der Waals surface area contributed by atoms with E-state index in [-0.39, 0.29) is 18.3 Å². The fraction of sp³-hybridized carbons (Fsp3) is 0.867. The van der Waals surface area contributed by atoms with Crippen LogP contribution < -0.4 is 0 Å². The summed E-state index contributed by atoms with van der Waals surface area (Å²) in [5, 5.41) is 9.21. The number of ether oxygens (including phenoxy) is 2. The van der Waals surface area contributed by atoms with Crippen molar-refractivity contribution in [3.8, 4) is 0 Å². The summed E-state index contributed by atoms with van der Waals surface area (Å²) in [4.78, 5) is 0. The third kappa shape index (κ3) is 2.79. The summed E-state index contributed by atoms with van der Waals surface area (Å²) in [6.07, 6.45) is 4.49. The zero-order valence-electron chi connectivity index (χ0n) is 11.9. The molecule has 0 aromatic heterocycles. The highest BCUT2D eigenvalue weighted by atomic mass is 16.7. The largest absolute Gasteiger partial charge is 0.392 e. The predicted molar refractivity (Wildman–Crippen MR) is 71.2 cm³/mol. The maximum atomic E-state index is 9.21. The first-order valence-corrected chi connectivity index (χ1v) is 7.09. The molecule has 0 aromatic rings. The second-order valence-corrected chi connectivity index (χ2v) is 6.17. The number of aliphatic hydroxyl groups is 1. The predicted octanol–water partition coefficient (Wildman–Crippen LogP) is 2.88. The number of hydrogen-bond acceptors (Lipinski definition) is 3. The summed E-state index contributed by atoms with van der Waals surface area (Å²) in [7, 11) is 0. The van der Waals surface area contributed by atoms with Crippen molar-refractivity contribution in [3.63, 3.8) is 0 Å². The van der Waals surface area contributed by atoms with Gasteiger partial charge in [-0.1, -0.05) is 19.4 Å². The summed E-state index contributed by atoms with van der Waals surface area (Å²) in [6.45, 7) is 8.32. The number of aliphatic hydroxyl groups excluding tert-OH is 1. The quantitative estimate of drug-likeness (QED) is 0.784. The Balaban J connectivity index is 1.82. The first-order valence-electron chi connectivity index (χ1n) is 7.09. The molecule has 104 valence electrons. The molecule has 1 N–H and O–H groups in total.